The largest absolute Gasteiger partial charge is 0.232 e. The minimum absolute atomic E-state index is 0.0731. The molecule has 1 aromatic carbocycles. The highest BCUT2D eigenvalue weighted by Crippen LogP contribution is 2.20. The second-order valence-corrected chi connectivity index (χ2v) is 3.60. The molecule has 0 atom stereocenters. The van der Waals surface area contributed by atoms with Crippen molar-refractivity contribution in [2.24, 2.45) is 0 Å². The van der Waals surface area contributed by atoms with E-state index in [9.17, 15) is 5.11 Å². The highest BCUT2D eigenvalue weighted by atomic mass is 16.3. The van der Waals surface area contributed by atoms with Gasteiger partial charge in [0.1, 0.15) is 6.61 Å². The minimum Gasteiger partial charge on any atom is -0.232 e. The lowest BCUT2D eigenvalue weighted by Crippen LogP contribution is -2.00. The molecule has 0 aliphatic carbocycles. The first kappa shape index (κ1) is 11.3. The molecule has 1 rings (SSSR count). The fourth-order valence-electron chi connectivity index (χ4n) is 1.89. The summed E-state index contributed by atoms with van der Waals surface area (Å²) >= 11 is 0. The Labute approximate surface area is 86.8 Å². The Bertz CT molecular complexity index is 277. The van der Waals surface area contributed by atoms with Crippen molar-refractivity contribution in [2.45, 2.75) is 46.6 Å². The Kier molecular flexibility index (Phi) is 4.15. The molecule has 0 aliphatic heterocycles. The van der Waals surface area contributed by atoms with Crippen molar-refractivity contribution in [1.29, 1.82) is 0 Å². The molecule has 0 amide bonds. The summed E-state index contributed by atoms with van der Waals surface area (Å²) in [6.45, 7) is 6.32. The SMILES string of the molecule is CCc1cc(CC)c(C[O])c(CC)c1. The molecule has 0 aromatic heterocycles. The molecule has 0 fully saturated rings. The molecule has 0 unspecified atom stereocenters. The quantitative estimate of drug-likeness (QED) is 0.696. The second kappa shape index (κ2) is 5.16. The molecule has 0 spiro atoms. The smallest absolute Gasteiger partial charge is 0.108 e. The van der Waals surface area contributed by atoms with Crippen molar-refractivity contribution in [3.05, 3.63) is 34.4 Å². The molecule has 0 heterocycles. The zero-order valence-corrected chi connectivity index (χ0v) is 9.39. The van der Waals surface area contributed by atoms with Crippen LogP contribution in [-0.4, -0.2) is 0 Å². The highest BCUT2D eigenvalue weighted by Gasteiger charge is 2.07. The molecule has 0 saturated carbocycles. The third-order valence-corrected chi connectivity index (χ3v) is 2.81. The second-order valence-electron chi connectivity index (χ2n) is 3.60. The zero-order chi connectivity index (χ0) is 10.6. The number of benzene rings is 1. The molecular formula is C13H19O. The first-order valence-corrected chi connectivity index (χ1v) is 5.48. The van der Waals surface area contributed by atoms with Gasteiger partial charge >= 0.3 is 0 Å². The Morgan fingerprint density at radius 2 is 1.43 bits per heavy atom. The molecule has 0 saturated heterocycles. The van der Waals surface area contributed by atoms with E-state index in [2.05, 4.69) is 32.9 Å². The van der Waals surface area contributed by atoms with E-state index in [0.29, 0.717) is 0 Å². The molecule has 0 aliphatic rings. The van der Waals surface area contributed by atoms with E-state index in [0.717, 1.165) is 24.8 Å². The lowest BCUT2D eigenvalue weighted by molar-refractivity contribution is 0.176. The molecule has 14 heavy (non-hydrogen) atoms. The third-order valence-electron chi connectivity index (χ3n) is 2.81. The molecule has 77 valence electrons. The van der Waals surface area contributed by atoms with Gasteiger partial charge in [-0.15, -0.1) is 0 Å². The van der Waals surface area contributed by atoms with Crippen LogP contribution in [-0.2, 0) is 31.0 Å². The van der Waals surface area contributed by atoms with E-state index in [1.165, 1.54) is 16.7 Å². The van der Waals surface area contributed by atoms with Crippen LogP contribution in [0.1, 0.15) is 43.0 Å². The van der Waals surface area contributed by atoms with Gasteiger partial charge in [-0.2, -0.15) is 0 Å². The molecule has 1 heteroatoms. The fourth-order valence-corrected chi connectivity index (χ4v) is 1.89. The lowest BCUT2D eigenvalue weighted by Gasteiger charge is -2.12. The summed E-state index contributed by atoms with van der Waals surface area (Å²) in [5.41, 5.74) is 4.88. The Morgan fingerprint density at radius 3 is 1.71 bits per heavy atom. The normalized spacial score (nSPS) is 10.6. The van der Waals surface area contributed by atoms with Crippen LogP contribution in [0.5, 0.6) is 0 Å². The van der Waals surface area contributed by atoms with Crippen molar-refractivity contribution in [2.75, 3.05) is 0 Å². The molecular weight excluding hydrogens is 172 g/mol. The van der Waals surface area contributed by atoms with Gasteiger partial charge in [0.25, 0.3) is 0 Å². The van der Waals surface area contributed by atoms with Gasteiger partial charge in [0.15, 0.2) is 0 Å². The van der Waals surface area contributed by atoms with Crippen LogP contribution >= 0.6 is 0 Å². The molecule has 1 nitrogen and oxygen atoms in total. The van der Waals surface area contributed by atoms with Gasteiger partial charge in [-0.3, -0.25) is 0 Å². The maximum Gasteiger partial charge on any atom is 0.108 e. The molecule has 0 N–H and O–H groups in total. The Hall–Kier alpha value is -0.820. The predicted octanol–water partition coefficient (Wildman–Crippen LogP) is 3.30. The summed E-state index contributed by atoms with van der Waals surface area (Å²) in [5.74, 6) is 0. The van der Waals surface area contributed by atoms with Gasteiger partial charge in [0.2, 0.25) is 0 Å². The maximum atomic E-state index is 11.1. The van der Waals surface area contributed by atoms with Crippen molar-refractivity contribution >= 4 is 0 Å². The van der Waals surface area contributed by atoms with Gasteiger partial charge in [0, 0.05) is 0 Å². The summed E-state index contributed by atoms with van der Waals surface area (Å²) in [5, 5.41) is 11.1. The van der Waals surface area contributed by atoms with Gasteiger partial charge in [0.05, 0.1) is 0 Å². The van der Waals surface area contributed by atoms with Crippen molar-refractivity contribution < 1.29 is 5.11 Å². The predicted molar refractivity (Wildman–Crippen MR) is 59.0 cm³/mol. The number of rotatable bonds is 4. The van der Waals surface area contributed by atoms with E-state index in [1.54, 1.807) is 0 Å². The zero-order valence-electron chi connectivity index (χ0n) is 9.39. The summed E-state index contributed by atoms with van der Waals surface area (Å²) < 4.78 is 0. The van der Waals surface area contributed by atoms with Gasteiger partial charge in [-0.1, -0.05) is 32.9 Å². The van der Waals surface area contributed by atoms with Crippen LogP contribution in [0.2, 0.25) is 0 Å². The first-order valence-electron chi connectivity index (χ1n) is 5.48. The first-order chi connectivity index (χ1) is 6.76. The van der Waals surface area contributed by atoms with Crippen LogP contribution in [0, 0.1) is 0 Å². The van der Waals surface area contributed by atoms with E-state index < -0.39 is 0 Å². The van der Waals surface area contributed by atoms with E-state index in [4.69, 9.17) is 0 Å². The monoisotopic (exact) mass is 191 g/mol. The third kappa shape index (κ3) is 2.16. The highest BCUT2D eigenvalue weighted by molar-refractivity contribution is 5.39. The van der Waals surface area contributed by atoms with Crippen molar-refractivity contribution in [3.63, 3.8) is 0 Å². The fraction of sp³-hybridized carbons (Fsp3) is 0.538. The van der Waals surface area contributed by atoms with Crippen LogP contribution in [0.15, 0.2) is 12.1 Å². The van der Waals surface area contributed by atoms with E-state index in [1.807, 2.05) is 0 Å². The maximum absolute atomic E-state index is 11.1. The van der Waals surface area contributed by atoms with Crippen LogP contribution in [0.25, 0.3) is 0 Å². The lowest BCUT2D eigenvalue weighted by atomic mass is 9.94. The average molecular weight is 191 g/mol. The molecule has 1 aromatic rings. The molecule has 0 bridgehead atoms. The Morgan fingerprint density at radius 1 is 0.929 bits per heavy atom. The van der Waals surface area contributed by atoms with E-state index >= 15 is 0 Å². The summed E-state index contributed by atoms with van der Waals surface area (Å²) in [4.78, 5) is 0. The number of aryl methyl sites for hydroxylation is 3. The number of hydrogen-bond acceptors (Lipinski definition) is 0. The van der Waals surface area contributed by atoms with Gasteiger partial charge in [-0.25, -0.2) is 5.11 Å². The van der Waals surface area contributed by atoms with Crippen molar-refractivity contribution in [1.82, 2.24) is 0 Å². The summed E-state index contributed by atoms with van der Waals surface area (Å²) in [7, 11) is 0. The number of hydrogen-bond donors (Lipinski definition) is 0. The van der Waals surface area contributed by atoms with E-state index in [-0.39, 0.29) is 6.61 Å². The topological polar surface area (TPSA) is 19.9 Å². The minimum atomic E-state index is -0.0731. The van der Waals surface area contributed by atoms with Crippen molar-refractivity contribution in [3.8, 4) is 0 Å². The summed E-state index contributed by atoms with van der Waals surface area (Å²) in [6, 6.07) is 4.37. The standard InChI is InChI=1S/C13H19O/c1-4-10-7-11(5-2)13(9-14)12(6-3)8-10/h7-8H,4-6,9H2,1-3H3. The van der Waals surface area contributed by atoms with Gasteiger partial charge in [-0.05, 0) is 41.5 Å². The average Bonchev–Trinajstić information content (AvgIpc) is 2.26. The molecule has 1 radical (unpaired) electrons. The van der Waals surface area contributed by atoms with Crippen LogP contribution in [0.4, 0.5) is 0 Å². The summed E-state index contributed by atoms with van der Waals surface area (Å²) in [6.07, 6.45) is 3.00. The Balaban J connectivity index is 3.24. The van der Waals surface area contributed by atoms with Gasteiger partial charge < -0.3 is 0 Å². The van der Waals surface area contributed by atoms with Crippen LogP contribution < -0.4 is 0 Å². The van der Waals surface area contributed by atoms with Crippen LogP contribution in [0.3, 0.4) is 0 Å².